The number of methoxy groups -OCH3 is 1. The minimum Gasteiger partial charge on any atom is -0.468 e. The Morgan fingerprint density at radius 1 is 1.40 bits per heavy atom. The van der Waals surface area contributed by atoms with Crippen LogP contribution in [-0.4, -0.2) is 74.2 Å². The molecule has 1 heterocycles. The molecule has 20 heavy (non-hydrogen) atoms. The second-order valence-corrected chi connectivity index (χ2v) is 6.53. The van der Waals surface area contributed by atoms with Crippen LogP contribution < -0.4 is 5.32 Å². The Bertz CT molecular complexity index is 327. The topological polar surface area (TPSA) is 44.8 Å². The van der Waals surface area contributed by atoms with Crippen LogP contribution in [0.5, 0.6) is 0 Å². The first kappa shape index (κ1) is 15.7. The maximum Gasteiger partial charge on any atom is 0.327 e. The van der Waals surface area contributed by atoms with E-state index in [0.29, 0.717) is 12.6 Å². The molecule has 2 aliphatic rings. The molecule has 1 saturated heterocycles. The van der Waals surface area contributed by atoms with Gasteiger partial charge in [0.25, 0.3) is 0 Å². The molecule has 0 aromatic carbocycles. The van der Waals surface area contributed by atoms with E-state index in [-0.39, 0.29) is 5.97 Å². The molecule has 1 aliphatic heterocycles. The summed E-state index contributed by atoms with van der Waals surface area (Å²) in [4.78, 5) is 16.8. The van der Waals surface area contributed by atoms with Crippen LogP contribution in [-0.2, 0) is 9.53 Å². The van der Waals surface area contributed by atoms with Crippen LogP contribution in [0.2, 0.25) is 0 Å². The van der Waals surface area contributed by atoms with Gasteiger partial charge < -0.3 is 14.5 Å². The lowest BCUT2D eigenvalue weighted by atomic mass is 10.0. The van der Waals surface area contributed by atoms with E-state index in [1.165, 1.54) is 45.9 Å². The standard InChI is InChI=1S/C15H29N3O2/c1-15(14(19)20-3,16-13-6-7-13)12-17(2)10-11-18-8-4-5-9-18/h13,16H,4-12H2,1-3H3. The molecule has 116 valence electrons. The lowest BCUT2D eigenvalue weighted by molar-refractivity contribution is -0.148. The summed E-state index contributed by atoms with van der Waals surface area (Å²) in [5.41, 5.74) is -0.588. The average Bonchev–Trinajstić information content (AvgIpc) is 3.07. The summed E-state index contributed by atoms with van der Waals surface area (Å²) in [6.45, 7) is 7.20. The van der Waals surface area contributed by atoms with Gasteiger partial charge in [-0.05, 0) is 52.7 Å². The van der Waals surface area contributed by atoms with E-state index in [9.17, 15) is 4.79 Å². The van der Waals surface area contributed by atoms with Crippen molar-refractivity contribution in [3.8, 4) is 0 Å². The molecule has 0 aromatic heterocycles. The Balaban J connectivity index is 1.80. The highest BCUT2D eigenvalue weighted by molar-refractivity contribution is 5.80. The van der Waals surface area contributed by atoms with Gasteiger partial charge in [-0.25, -0.2) is 0 Å². The van der Waals surface area contributed by atoms with Crippen molar-refractivity contribution in [2.75, 3.05) is 46.9 Å². The summed E-state index contributed by atoms with van der Waals surface area (Å²) in [5, 5.41) is 3.45. The van der Waals surface area contributed by atoms with Crippen molar-refractivity contribution < 1.29 is 9.53 Å². The molecule has 0 bridgehead atoms. The second-order valence-electron chi connectivity index (χ2n) is 6.53. The van der Waals surface area contributed by atoms with Gasteiger partial charge >= 0.3 is 5.97 Å². The molecule has 1 atom stereocenters. The van der Waals surface area contributed by atoms with Crippen LogP contribution in [0.4, 0.5) is 0 Å². The van der Waals surface area contributed by atoms with Gasteiger partial charge in [0, 0.05) is 25.7 Å². The van der Waals surface area contributed by atoms with Gasteiger partial charge in [-0.3, -0.25) is 10.1 Å². The Morgan fingerprint density at radius 3 is 2.60 bits per heavy atom. The van der Waals surface area contributed by atoms with Gasteiger partial charge in [0.05, 0.1) is 7.11 Å². The number of likely N-dealkylation sites (N-methyl/N-ethyl adjacent to an activating group) is 1. The monoisotopic (exact) mass is 283 g/mol. The molecule has 2 fully saturated rings. The second kappa shape index (κ2) is 6.87. The molecule has 2 rings (SSSR count). The Kier molecular flexibility index (Phi) is 5.41. The fraction of sp³-hybridized carbons (Fsp3) is 0.933. The molecule has 1 aliphatic carbocycles. The number of esters is 1. The van der Waals surface area contributed by atoms with Crippen molar-refractivity contribution in [1.82, 2.24) is 15.1 Å². The maximum absolute atomic E-state index is 12.1. The molecule has 5 nitrogen and oxygen atoms in total. The number of rotatable bonds is 8. The van der Waals surface area contributed by atoms with Crippen LogP contribution in [0, 0.1) is 0 Å². The Morgan fingerprint density at radius 2 is 2.05 bits per heavy atom. The summed E-state index contributed by atoms with van der Waals surface area (Å²) in [6.07, 6.45) is 4.99. The summed E-state index contributed by atoms with van der Waals surface area (Å²) >= 11 is 0. The molecule has 0 aromatic rings. The van der Waals surface area contributed by atoms with E-state index >= 15 is 0 Å². The smallest absolute Gasteiger partial charge is 0.327 e. The van der Waals surface area contributed by atoms with Crippen molar-refractivity contribution in [1.29, 1.82) is 0 Å². The number of nitrogens with zero attached hydrogens (tertiary/aromatic N) is 2. The normalized spacial score (nSPS) is 23.0. The number of nitrogens with one attached hydrogen (secondary N) is 1. The fourth-order valence-electron chi connectivity index (χ4n) is 3.01. The number of hydrogen-bond acceptors (Lipinski definition) is 5. The molecular weight excluding hydrogens is 254 g/mol. The zero-order valence-corrected chi connectivity index (χ0v) is 13.2. The lowest BCUT2D eigenvalue weighted by Crippen LogP contribution is -2.58. The van der Waals surface area contributed by atoms with E-state index in [1.54, 1.807) is 0 Å². The molecule has 0 radical (unpaired) electrons. The first-order valence-corrected chi connectivity index (χ1v) is 7.80. The van der Waals surface area contributed by atoms with Crippen molar-refractivity contribution >= 4 is 5.97 Å². The first-order valence-electron chi connectivity index (χ1n) is 7.80. The third-order valence-corrected chi connectivity index (χ3v) is 4.32. The van der Waals surface area contributed by atoms with Crippen molar-refractivity contribution in [2.24, 2.45) is 0 Å². The van der Waals surface area contributed by atoms with Crippen LogP contribution >= 0.6 is 0 Å². The third kappa shape index (κ3) is 4.43. The molecular formula is C15H29N3O2. The SMILES string of the molecule is COC(=O)C(C)(CN(C)CCN1CCCC1)NC1CC1. The number of carbonyl (C=O) groups is 1. The molecule has 0 amide bonds. The van der Waals surface area contributed by atoms with Gasteiger partial charge in [-0.2, -0.15) is 0 Å². The summed E-state index contributed by atoms with van der Waals surface area (Å²) in [5.74, 6) is -0.155. The fourth-order valence-corrected chi connectivity index (χ4v) is 3.01. The molecule has 5 heteroatoms. The third-order valence-electron chi connectivity index (χ3n) is 4.32. The maximum atomic E-state index is 12.1. The van der Waals surface area contributed by atoms with Crippen molar-refractivity contribution in [3.05, 3.63) is 0 Å². The van der Waals surface area contributed by atoms with E-state index in [4.69, 9.17) is 4.74 Å². The predicted molar refractivity (Wildman–Crippen MR) is 79.7 cm³/mol. The van der Waals surface area contributed by atoms with Crippen LogP contribution in [0.1, 0.15) is 32.6 Å². The number of carbonyl (C=O) groups excluding carboxylic acids is 1. The molecule has 1 unspecified atom stereocenters. The minimum absolute atomic E-state index is 0.155. The number of likely N-dealkylation sites (tertiary alicyclic amines) is 1. The Hall–Kier alpha value is -0.650. The first-order chi connectivity index (χ1) is 9.53. The summed E-state index contributed by atoms with van der Waals surface area (Å²) in [7, 11) is 3.56. The van der Waals surface area contributed by atoms with Gasteiger partial charge in [0.2, 0.25) is 0 Å². The van der Waals surface area contributed by atoms with E-state index in [1.807, 2.05) is 6.92 Å². The highest BCUT2D eigenvalue weighted by Crippen LogP contribution is 2.23. The largest absolute Gasteiger partial charge is 0.468 e. The quantitative estimate of drug-likeness (QED) is 0.664. The minimum atomic E-state index is -0.588. The lowest BCUT2D eigenvalue weighted by Gasteiger charge is -2.33. The van der Waals surface area contributed by atoms with Gasteiger partial charge in [-0.1, -0.05) is 0 Å². The summed E-state index contributed by atoms with van der Waals surface area (Å²) < 4.78 is 4.98. The molecule has 1 N–H and O–H groups in total. The number of ether oxygens (including phenoxy) is 1. The average molecular weight is 283 g/mol. The molecule has 1 saturated carbocycles. The highest BCUT2D eigenvalue weighted by Gasteiger charge is 2.40. The highest BCUT2D eigenvalue weighted by atomic mass is 16.5. The zero-order valence-electron chi connectivity index (χ0n) is 13.2. The van der Waals surface area contributed by atoms with Crippen molar-refractivity contribution in [3.63, 3.8) is 0 Å². The van der Waals surface area contributed by atoms with Crippen LogP contribution in [0.25, 0.3) is 0 Å². The van der Waals surface area contributed by atoms with Crippen LogP contribution in [0.3, 0.4) is 0 Å². The van der Waals surface area contributed by atoms with Crippen LogP contribution in [0.15, 0.2) is 0 Å². The zero-order chi connectivity index (χ0) is 14.6. The predicted octanol–water partition coefficient (Wildman–Crippen LogP) is 0.698. The van der Waals surface area contributed by atoms with E-state index in [2.05, 4.69) is 22.2 Å². The van der Waals surface area contributed by atoms with Gasteiger partial charge in [0.15, 0.2) is 0 Å². The number of hydrogen-bond donors (Lipinski definition) is 1. The van der Waals surface area contributed by atoms with E-state index < -0.39 is 5.54 Å². The van der Waals surface area contributed by atoms with Gasteiger partial charge in [-0.15, -0.1) is 0 Å². The van der Waals surface area contributed by atoms with E-state index in [0.717, 1.165) is 13.1 Å². The van der Waals surface area contributed by atoms with Crippen molar-refractivity contribution in [2.45, 2.75) is 44.2 Å². The van der Waals surface area contributed by atoms with Gasteiger partial charge in [0.1, 0.15) is 5.54 Å². The molecule has 0 spiro atoms. The summed E-state index contributed by atoms with van der Waals surface area (Å²) in [6, 6.07) is 0.492. The Labute approximate surface area is 122 Å².